The van der Waals surface area contributed by atoms with E-state index < -0.39 is 0 Å². The molecule has 0 bridgehead atoms. The van der Waals surface area contributed by atoms with Crippen LogP contribution in [-0.4, -0.2) is 24.5 Å². The number of likely N-dealkylation sites (tertiary alicyclic amines) is 1. The van der Waals surface area contributed by atoms with Crippen LogP contribution in [0.4, 0.5) is 0 Å². The van der Waals surface area contributed by atoms with Crippen molar-refractivity contribution in [1.29, 1.82) is 0 Å². The number of benzene rings is 1. The minimum atomic E-state index is 0.657. The predicted octanol–water partition coefficient (Wildman–Crippen LogP) is 4.37. The Morgan fingerprint density at radius 2 is 1.90 bits per heavy atom. The van der Waals surface area contributed by atoms with E-state index in [1.807, 2.05) is 0 Å². The van der Waals surface area contributed by atoms with E-state index >= 15 is 0 Å². The van der Waals surface area contributed by atoms with Gasteiger partial charge in [-0.15, -0.1) is 0 Å². The summed E-state index contributed by atoms with van der Waals surface area (Å²) in [7, 11) is 0. The van der Waals surface area contributed by atoms with Gasteiger partial charge in [0, 0.05) is 12.5 Å². The van der Waals surface area contributed by atoms with Crippen LogP contribution in [0.1, 0.15) is 49.1 Å². The van der Waals surface area contributed by atoms with Crippen molar-refractivity contribution in [1.82, 2.24) is 4.90 Å². The average molecular weight is 265 g/mol. The molecule has 0 aromatic heterocycles. The quantitative estimate of drug-likeness (QED) is 0.767. The Hall–Kier alpha value is -1.34. The molecule has 3 aliphatic rings. The van der Waals surface area contributed by atoms with Gasteiger partial charge in [-0.05, 0) is 55.5 Å². The fraction of sp³-hybridized carbons (Fsp3) is 0.474. The van der Waals surface area contributed by atoms with Crippen molar-refractivity contribution >= 4 is 5.57 Å². The minimum Gasteiger partial charge on any atom is -0.302 e. The lowest BCUT2D eigenvalue weighted by Gasteiger charge is -2.30. The van der Waals surface area contributed by atoms with Gasteiger partial charge < -0.3 is 4.90 Å². The van der Waals surface area contributed by atoms with Crippen LogP contribution in [0, 0.1) is 0 Å². The SMILES string of the molecule is C1=CC2=C(CC1)C(CN1CCCCC1)c1ccccc12. The van der Waals surface area contributed by atoms with Gasteiger partial charge in [0.15, 0.2) is 0 Å². The Kier molecular flexibility index (Phi) is 3.23. The lowest BCUT2D eigenvalue weighted by atomic mass is 9.90. The van der Waals surface area contributed by atoms with Crippen molar-refractivity contribution in [2.45, 2.75) is 38.0 Å². The van der Waals surface area contributed by atoms with Gasteiger partial charge >= 0.3 is 0 Å². The predicted molar refractivity (Wildman–Crippen MR) is 84.8 cm³/mol. The van der Waals surface area contributed by atoms with Gasteiger partial charge in [-0.2, -0.15) is 0 Å². The number of hydrogen-bond acceptors (Lipinski definition) is 1. The minimum absolute atomic E-state index is 0.657. The second-order valence-electron chi connectivity index (χ2n) is 6.38. The highest BCUT2D eigenvalue weighted by molar-refractivity contribution is 5.85. The first kappa shape index (κ1) is 12.4. The molecule has 1 heterocycles. The number of allylic oxidation sites excluding steroid dienone is 3. The molecule has 20 heavy (non-hydrogen) atoms. The van der Waals surface area contributed by atoms with Crippen LogP contribution in [-0.2, 0) is 0 Å². The summed E-state index contributed by atoms with van der Waals surface area (Å²) in [4.78, 5) is 2.69. The summed E-state index contributed by atoms with van der Waals surface area (Å²) in [6, 6.07) is 9.08. The number of fused-ring (bicyclic) bond motifs is 2. The molecule has 1 fully saturated rings. The Balaban J connectivity index is 1.67. The molecule has 1 aliphatic heterocycles. The standard InChI is InChI=1S/C19H23N/c1-6-12-20(13-7-1)14-19-17-10-4-2-8-15(17)16-9-3-5-11-18(16)19/h2-4,8-10,19H,1,5-7,11-14H2. The van der Waals surface area contributed by atoms with E-state index in [-0.39, 0.29) is 0 Å². The lowest BCUT2D eigenvalue weighted by molar-refractivity contribution is 0.221. The van der Waals surface area contributed by atoms with Gasteiger partial charge in [-0.1, -0.05) is 48.4 Å². The summed E-state index contributed by atoms with van der Waals surface area (Å²) in [5.41, 5.74) is 6.32. The van der Waals surface area contributed by atoms with Gasteiger partial charge in [0.25, 0.3) is 0 Å². The van der Waals surface area contributed by atoms with E-state index in [1.165, 1.54) is 62.9 Å². The second kappa shape index (κ2) is 5.21. The van der Waals surface area contributed by atoms with Gasteiger partial charge in [0.1, 0.15) is 0 Å². The molecule has 1 saturated heterocycles. The molecule has 1 unspecified atom stereocenters. The lowest BCUT2D eigenvalue weighted by Crippen LogP contribution is -2.33. The van der Waals surface area contributed by atoms with Gasteiger partial charge in [0.2, 0.25) is 0 Å². The zero-order valence-electron chi connectivity index (χ0n) is 12.1. The fourth-order valence-corrected chi connectivity index (χ4v) is 4.15. The smallest absolute Gasteiger partial charge is 0.0191 e. The molecule has 104 valence electrons. The van der Waals surface area contributed by atoms with Crippen molar-refractivity contribution in [3.05, 3.63) is 53.1 Å². The zero-order chi connectivity index (χ0) is 13.4. The van der Waals surface area contributed by atoms with Crippen LogP contribution >= 0.6 is 0 Å². The van der Waals surface area contributed by atoms with E-state index in [1.54, 1.807) is 11.1 Å². The van der Waals surface area contributed by atoms with Crippen molar-refractivity contribution < 1.29 is 0 Å². The van der Waals surface area contributed by atoms with E-state index in [0.717, 1.165) is 0 Å². The molecule has 2 aliphatic carbocycles. The molecule has 0 radical (unpaired) electrons. The van der Waals surface area contributed by atoms with E-state index in [2.05, 4.69) is 41.3 Å². The highest BCUT2D eigenvalue weighted by atomic mass is 15.1. The van der Waals surface area contributed by atoms with E-state index in [9.17, 15) is 0 Å². The normalized spacial score (nSPS) is 25.7. The number of hydrogen-bond donors (Lipinski definition) is 0. The van der Waals surface area contributed by atoms with Crippen LogP contribution in [0.25, 0.3) is 5.57 Å². The van der Waals surface area contributed by atoms with Crippen molar-refractivity contribution in [3.8, 4) is 0 Å². The largest absolute Gasteiger partial charge is 0.302 e. The summed E-state index contributed by atoms with van der Waals surface area (Å²) in [5.74, 6) is 0.657. The van der Waals surface area contributed by atoms with Crippen molar-refractivity contribution in [2.75, 3.05) is 19.6 Å². The van der Waals surface area contributed by atoms with Gasteiger partial charge in [-0.25, -0.2) is 0 Å². The first-order valence-corrected chi connectivity index (χ1v) is 8.15. The summed E-state index contributed by atoms with van der Waals surface area (Å²) >= 11 is 0. The van der Waals surface area contributed by atoms with Crippen molar-refractivity contribution in [3.63, 3.8) is 0 Å². The third-order valence-electron chi connectivity index (χ3n) is 5.15. The van der Waals surface area contributed by atoms with Gasteiger partial charge in [0.05, 0.1) is 0 Å². The Morgan fingerprint density at radius 3 is 2.80 bits per heavy atom. The summed E-state index contributed by atoms with van der Waals surface area (Å²) in [6.45, 7) is 3.85. The zero-order valence-corrected chi connectivity index (χ0v) is 12.1. The molecule has 0 N–H and O–H groups in total. The topological polar surface area (TPSA) is 3.24 Å². The highest BCUT2D eigenvalue weighted by Gasteiger charge is 2.31. The van der Waals surface area contributed by atoms with E-state index in [4.69, 9.17) is 0 Å². The number of piperidine rings is 1. The summed E-state index contributed by atoms with van der Waals surface area (Å²) in [6.07, 6.45) is 11.4. The molecule has 1 heteroatoms. The van der Waals surface area contributed by atoms with Crippen LogP contribution in [0.3, 0.4) is 0 Å². The van der Waals surface area contributed by atoms with Crippen LogP contribution in [0.15, 0.2) is 42.0 Å². The molecule has 1 aromatic rings. The maximum atomic E-state index is 2.69. The van der Waals surface area contributed by atoms with Crippen LogP contribution in [0.2, 0.25) is 0 Å². The fourth-order valence-electron chi connectivity index (χ4n) is 4.15. The maximum Gasteiger partial charge on any atom is 0.0191 e. The second-order valence-corrected chi connectivity index (χ2v) is 6.38. The van der Waals surface area contributed by atoms with Crippen LogP contribution < -0.4 is 0 Å². The molecule has 4 rings (SSSR count). The van der Waals surface area contributed by atoms with Gasteiger partial charge in [-0.3, -0.25) is 0 Å². The molecule has 1 nitrogen and oxygen atoms in total. The summed E-state index contributed by atoms with van der Waals surface area (Å²) in [5, 5.41) is 0. The highest BCUT2D eigenvalue weighted by Crippen LogP contribution is 2.46. The number of nitrogens with zero attached hydrogens (tertiary/aromatic N) is 1. The molecular formula is C19H23N. The average Bonchev–Trinajstić information content (AvgIpc) is 2.84. The van der Waals surface area contributed by atoms with Crippen molar-refractivity contribution in [2.24, 2.45) is 0 Å². The molecule has 0 spiro atoms. The maximum absolute atomic E-state index is 2.69. The Morgan fingerprint density at radius 1 is 1.05 bits per heavy atom. The summed E-state index contributed by atoms with van der Waals surface area (Å²) < 4.78 is 0. The molecule has 1 aromatic carbocycles. The Labute approximate surface area is 122 Å². The third kappa shape index (κ3) is 2.05. The molecule has 0 saturated carbocycles. The van der Waals surface area contributed by atoms with Crippen LogP contribution in [0.5, 0.6) is 0 Å². The number of rotatable bonds is 2. The third-order valence-corrected chi connectivity index (χ3v) is 5.15. The molecule has 1 atom stereocenters. The molecule has 0 amide bonds. The Bertz CT molecular complexity index is 561. The first-order chi connectivity index (χ1) is 9.93. The van der Waals surface area contributed by atoms with E-state index in [0.29, 0.717) is 5.92 Å². The molecular weight excluding hydrogens is 242 g/mol. The monoisotopic (exact) mass is 265 g/mol. The first-order valence-electron chi connectivity index (χ1n) is 8.15.